The maximum absolute atomic E-state index is 12.3. The summed E-state index contributed by atoms with van der Waals surface area (Å²) in [6.45, 7) is 0.455. The maximum Gasteiger partial charge on any atom is 0.223 e. The van der Waals surface area contributed by atoms with E-state index in [0.717, 1.165) is 39.0 Å². The average Bonchev–Trinajstić information content (AvgIpc) is 3.03. The summed E-state index contributed by atoms with van der Waals surface area (Å²) < 4.78 is 6.06. The predicted molar refractivity (Wildman–Crippen MR) is 101 cm³/mol. The van der Waals surface area contributed by atoms with Gasteiger partial charge in [0.05, 0.1) is 10.5 Å². The lowest BCUT2D eigenvalue weighted by Crippen LogP contribution is -2.17. The molecule has 0 radical (unpaired) electrons. The van der Waals surface area contributed by atoms with E-state index >= 15 is 0 Å². The number of carbonyl (C=O) groups is 1. The molecule has 1 aliphatic carbocycles. The lowest BCUT2D eigenvalue weighted by Gasteiger charge is -2.19. The van der Waals surface area contributed by atoms with E-state index in [0.29, 0.717) is 18.9 Å². The van der Waals surface area contributed by atoms with E-state index in [1.807, 2.05) is 42.5 Å². The fourth-order valence-electron chi connectivity index (χ4n) is 2.80. The summed E-state index contributed by atoms with van der Waals surface area (Å²) >= 11 is 3.42. The molecule has 1 aromatic carbocycles. The van der Waals surface area contributed by atoms with Gasteiger partial charge >= 0.3 is 0 Å². The van der Waals surface area contributed by atoms with Crippen molar-refractivity contribution in [2.45, 2.75) is 19.4 Å². The van der Waals surface area contributed by atoms with E-state index in [1.165, 1.54) is 5.57 Å². The number of ether oxygens (including phenoxy) is 1. The number of allylic oxidation sites excluding steroid dienone is 2. The average molecular weight is 355 g/mol. The highest BCUT2D eigenvalue weighted by Crippen LogP contribution is 2.40. The molecule has 24 heavy (non-hydrogen) atoms. The van der Waals surface area contributed by atoms with Crippen LogP contribution in [0.1, 0.15) is 18.4 Å². The van der Waals surface area contributed by atoms with E-state index < -0.39 is 0 Å². The van der Waals surface area contributed by atoms with Crippen molar-refractivity contribution in [2.24, 2.45) is 4.99 Å². The Balaban J connectivity index is 1.68. The maximum atomic E-state index is 12.3. The number of rotatable bonds is 2. The van der Waals surface area contributed by atoms with Gasteiger partial charge in [0.25, 0.3) is 0 Å². The molecule has 2 heterocycles. The van der Waals surface area contributed by atoms with Crippen LogP contribution in [-0.2, 0) is 16.1 Å². The van der Waals surface area contributed by atoms with Gasteiger partial charge in [0.1, 0.15) is 11.6 Å². The van der Waals surface area contributed by atoms with Crippen LogP contribution in [0.4, 0.5) is 0 Å². The molecule has 122 valence electrons. The minimum Gasteiger partial charge on any atom is -0.472 e. The molecule has 0 saturated heterocycles. The van der Waals surface area contributed by atoms with Crippen LogP contribution in [0, 0.1) is 0 Å². The number of Topliss-reactive ketones (excluding diaryl/α,β-unsaturated/α-hetero) is 1. The van der Waals surface area contributed by atoms with Crippen LogP contribution in [0.5, 0.6) is 0 Å². The van der Waals surface area contributed by atoms with Gasteiger partial charge in [-0.15, -0.1) is 23.5 Å². The molecule has 5 heteroatoms. The molecule has 0 amide bonds. The largest absolute Gasteiger partial charge is 0.472 e. The third-order valence-electron chi connectivity index (χ3n) is 4.07. The Morgan fingerprint density at radius 2 is 2.04 bits per heavy atom. The van der Waals surface area contributed by atoms with E-state index in [4.69, 9.17) is 9.73 Å². The van der Waals surface area contributed by atoms with Crippen molar-refractivity contribution in [1.29, 1.82) is 0 Å². The topological polar surface area (TPSA) is 38.7 Å². The molecule has 3 nitrogen and oxygen atoms in total. The fourth-order valence-corrected chi connectivity index (χ4v) is 5.12. The molecular formula is C19H17NO2S2. The van der Waals surface area contributed by atoms with Gasteiger partial charge in [0.2, 0.25) is 5.90 Å². The Kier molecular flexibility index (Phi) is 4.63. The van der Waals surface area contributed by atoms with Crippen LogP contribution in [0.25, 0.3) is 0 Å². The molecule has 4 rings (SSSR count). The summed E-state index contributed by atoms with van der Waals surface area (Å²) in [5.41, 5.74) is 3.27. The quantitative estimate of drug-likeness (QED) is 0.784. The van der Waals surface area contributed by atoms with Crippen molar-refractivity contribution in [3.63, 3.8) is 0 Å². The number of hydrogen-bond acceptors (Lipinski definition) is 5. The van der Waals surface area contributed by atoms with Crippen LogP contribution in [0.3, 0.4) is 0 Å². The highest BCUT2D eigenvalue weighted by atomic mass is 32.2. The predicted octanol–water partition coefficient (Wildman–Crippen LogP) is 4.48. The number of ketones is 1. The van der Waals surface area contributed by atoms with Gasteiger partial charge in [-0.2, -0.15) is 0 Å². The SMILES string of the molecule is O=C1CC=CC2=C1SCC1=C(N=C2OCc2ccccc2)SCC1. The normalized spacial score (nSPS) is 20.3. The number of carbonyl (C=O) groups excluding carboxylic acids is 1. The Labute approximate surface area is 150 Å². The van der Waals surface area contributed by atoms with E-state index in [-0.39, 0.29) is 5.78 Å². The van der Waals surface area contributed by atoms with Gasteiger partial charge in [-0.1, -0.05) is 42.5 Å². The summed E-state index contributed by atoms with van der Waals surface area (Å²) in [5.74, 6) is 2.67. The van der Waals surface area contributed by atoms with Gasteiger partial charge in [0, 0.05) is 17.9 Å². The van der Waals surface area contributed by atoms with Crippen molar-refractivity contribution >= 4 is 35.2 Å². The minimum absolute atomic E-state index is 0.170. The zero-order valence-corrected chi connectivity index (χ0v) is 14.8. The molecule has 0 spiro atoms. The van der Waals surface area contributed by atoms with Crippen LogP contribution < -0.4 is 0 Å². The number of nitrogens with zero attached hydrogens (tertiary/aromatic N) is 1. The molecule has 0 saturated carbocycles. The van der Waals surface area contributed by atoms with Crippen molar-refractivity contribution in [3.05, 3.63) is 69.1 Å². The highest BCUT2D eigenvalue weighted by molar-refractivity contribution is 8.05. The first-order valence-electron chi connectivity index (χ1n) is 7.98. The van der Waals surface area contributed by atoms with Crippen LogP contribution in [-0.4, -0.2) is 23.2 Å². The molecule has 0 unspecified atom stereocenters. The Morgan fingerprint density at radius 3 is 2.92 bits per heavy atom. The molecule has 0 atom stereocenters. The third-order valence-corrected chi connectivity index (χ3v) is 6.36. The molecule has 0 fully saturated rings. The van der Waals surface area contributed by atoms with Crippen LogP contribution in [0.15, 0.2) is 68.6 Å². The molecule has 0 N–H and O–H groups in total. The monoisotopic (exact) mass is 355 g/mol. The zero-order chi connectivity index (χ0) is 16.4. The number of benzene rings is 1. The summed E-state index contributed by atoms with van der Waals surface area (Å²) in [6.07, 6.45) is 5.41. The standard InChI is InChI=1S/C19H17NO2S2/c21-16-8-4-7-15-17(16)24-12-14-9-10-23-19(14)20-18(15)22-11-13-5-2-1-3-6-13/h1-7H,8-12H2. The second kappa shape index (κ2) is 7.03. The summed E-state index contributed by atoms with van der Waals surface area (Å²) in [6, 6.07) is 10.0. The van der Waals surface area contributed by atoms with Crippen LogP contribution >= 0.6 is 23.5 Å². The molecule has 3 aliphatic rings. The first kappa shape index (κ1) is 15.8. The second-order valence-corrected chi connectivity index (χ2v) is 7.83. The zero-order valence-electron chi connectivity index (χ0n) is 13.2. The lowest BCUT2D eigenvalue weighted by atomic mass is 10.1. The summed E-state index contributed by atoms with van der Waals surface area (Å²) in [4.78, 5) is 17.9. The number of aliphatic imine (C=N–C) groups is 1. The molecule has 1 aromatic rings. The van der Waals surface area contributed by atoms with Crippen LogP contribution in [0.2, 0.25) is 0 Å². The van der Waals surface area contributed by atoms with Gasteiger partial charge in [0.15, 0.2) is 5.78 Å². The van der Waals surface area contributed by atoms with Crippen molar-refractivity contribution in [3.8, 4) is 0 Å². The highest BCUT2D eigenvalue weighted by Gasteiger charge is 2.27. The first-order chi connectivity index (χ1) is 11.8. The minimum atomic E-state index is 0.170. The lowest BCUT2D eigenvalue weighted by molar-refractivity contribution is -0.114. The second-order valence-electron chi connectivity index (χ2n) is 5.76. The van der Waals surface area contributed by atoms with Gasteiger partial charge in [-0.25, -0.2) is 4.99 Å². The third kappa shape index (κ3) is 3.23. The summed E-state index contributed by atoms with van der Waals surface area (Å²) in [7, 11) is 0. The number of thioether (sulfide) groups is 2. The first-order valence-corrected chi connectivity index (χ1v) is 9.96. The van der Waals surface area contributed by atoms with E-state index in [9.17, 15) is 4.79 Å². The van der Waals surface area contributed by atoms with Crippen molar-refractivity contribution in [1.82, 2.24) is 0 Å². The Morgan fingerprint density at radius 1 is 1.17 bits per heavy atom. The number of hydrogen-bond donors (Lipinski definition) is 0. The molecular weight excluding hydrogens is 338 g/mol. The molecule has 0 aromatic heterocycles. The van der Waals surface area contributed by atoms with Crippen molar-refractivity contribution in [2.75, 3.05) is 11.5 Å². The molecule has 2 aliphatic heterocycles. The smallest absolute Gasteiger partial charge is 0.223 e. The van der Waals surface area contributed by atoms with Gasteiger partial charge in [-0.05, 0) is 17.6 Å². The van der Waals surface area contributed by atoms with E-state index in [2.05, 4.69) is 0 Å². The Bertz CT molecular complexity index is 791. The van der Waals surface area contributed by atoms with E-state index in [1.54, 1.807) is 23.5 Å². The van der Waals surface area contributed by atoms with Gasteiger partial charge < -0.3 is 4.74 Å². The Hall–Kier alpha value is -1.72. The molecule has 0 bridgehead atoms. The van der Waals surface area contributed by atoms with Crippen molar-refractivity contribution < 1.29 is 9.53 Å². The fraction of sp³-hybridized carbons (Fsp3) is 0.263. The summed E-state index contributed by atoms with van der Waals surface area (Å²) in [5, 5.41) is 1.07. The van der Waals surface area contributed by atoms with Gasteiger partial charge in [-0.3, -0.25) is 4.79 Å².